The maximum atomic E-state index is 12.2. The maximum absolute atomic E-state index is 12.2. The number of ketones is 1. The Labute approximate surface area is 100.0 Å². The standard InChI is InChI=1S/C13H15NO3/c15-9-17-13(10-4-2-1-3-5-10)12(16)11-6-7-14-8-11/h1-5,9,11,13-14H,6-8H2. The van der Waals surface area contributed by atoms with E-state index in [4.69, 9.17) is 4.74 Å². The van der Waals surface area contributed by atoms with Gasteiger partial charge >= 0.3 is 0 Å². The van der Waals surface area contributed by atoms with Crippen molar-refractivity contribution in [3.8, 4) is 0 Å². The van der Waals surface area contributed by atoms with Crippen molar-refractivity contribution < 1.29 is 14.3 Å². The van der Waals surface area contributed by atoms with Crippen LogP contribution >= 0.6 is 0 Å². The molecule has 2 atom stereocenters. The zero-order valence-electron chi connectivity index (χ0n) is 9.46. The average molecular weight is 233 g/mol. The van der Waals surface area contributed by atoms with Crippen molar-refractivity contribution in [2.45, 2.75) is 12.5 Å². The predicted octanol–water partition coefficient (Wildman–Crippen LogP) is 1.08. The Kier molecular flexibility index (Phi) is 3.88. The summed E-state index contributed by atoms with van der Waals surface area (Å²) in [6, 6.07) is 9.12. The van der Waals surface area contributed by atoms with Gasteiger partial charge in [-0.1, -0.05) is 30.3 Å². The first-order valence-electron chi connectivity index (χ1n) is 5.71. The average Bonchev–Trinajstić information content (AvgIpc) is 2.90. The summed E-state index contributed by atoms with van der Waals surface area (Å²) in [5.74, 6) is -0.0755. The smallest absolute Gasteiger partial charge is 0.294 e. The van der Waals surface area contributed by atoms with Crippen molar-refractivity contribution in [1.29, 1.82) is 0 Å². The Morgan fingerprint density at radius 3 is 2.76 bits per heavy atom. The number of carbonyl (C=O) groups excluding carboxylic acids is 2. The van der Waals surface area contributed by atoms with Gasteiger partial charge in [0.05, 0.1) is 0 Å². The molecule has 1 heterocycles. The Morgan fingerprint density at radius 1 is 1.41 bits per heavy atom. The molecule has 1 aromatic rings. The molecule has 0 amide bonds. The Bertz CT molecular complexity index is 385. The van der Waals surface area contributed by atoms with Crippen LogP contribution in [0.3, 0.4) is 0 Å². The fraction of sp³-hybridized carbons (Fsp3) is 0.385. The van der Waals surface area contributed by atoms with E-state index in [1.165, 1.54) is 0 Å². The van der Waals surface area contributed by atoms with Crippen LogP contribution in [-0.2, 0) is 14.3 Å². The van der Waals surface area contributed by atoms with Gasteiger partial charge in [-0.25, -0.2) is 0 Å². The van der Waals surface area contributed by atoms with Gasteiger partial charge in [-0.15, -0.1) is 0 Å². The van der Waals surface area contributed by atoms with Crippen LogP contribution in [-0.4, -0.2) is 25.3 Å². The zero-order chi connectivity index (χ0) is 12.1. The van der Waals surface area contributed by atoms with Gasteiger partial charge in [0.15, 0.2) is 11.9 Å². The van der Waals surface area contributed by atoms with Crippen LogP contribution in [0, 0.1) is 5.92 Å². The van der Waals surface area contributed by atoms with E-state index in [0.29, 0.717) is 13.0 Å². The van der Waals surface area contributed by atoms with Crippen molar-refractivity contribution in [2.75, 3.05) is 13.1 Å². The van der Waals surface area contributed by atoms with Gasteiger partial charge in [0.1, 0.15) is 0 Å². The van der Waals surface area contributed by atoms with E-state index in [0.717, 1.165) is 18.5 Å². The van der Waals surface area contributed by atoms with Crippen LogP contribution in [0.4, 0.5) is 0 Å². The molecule has 2 unspecified atom stereocenters. The number of ether oxygens (including phenoxy) is 1. The van der Waals surface area contributed by atoms with E-state index in [-0.39, 0.29) is 11.7 Å². The third kappa shape index (κ3) is 2.71. The molecule has 0 radical (unpaired) electrons. The van der Waals surface area contributed by atoms with Crippen molar-refractivity contribution in [3.63, 3.8) is 0 Å². The van der Waals surface area contributed by atoms with E-state index in [1.807, 2.05) is 18.2 Å². The molecule has 0 aromatic heterocycles. The SMILES string of the molecule is O=COC(C(=O)C1CCNC1)c1ccccc1. The van der Waals surface area contributed by atoms with Crippen LogP contribution < -0.4 is 5.32 Å². The topological polar surface area (TPSA) is 55.4 Å². The predicted molar refractivity (Wildman–Crippen MR) is 62.3 cm³/mol. The highest BCUT2D eigenvalue weighted by atomic mass is 16.5. The summed E-state index contributed by atoms with van der Waals surface area (Å²) >= 11 is 0. The molecule has 1 N–H and O–H groups in total. The van der Waals surface area contributed by atoms with Crippen LogP contribution in [0.2, 0.25) is 0 Å². The summed E-state index contributed by atoms with van der Waals surface area (Å²) in [5, 5.41) is 3.14. The van der Waals surface area contributed by atoms with Gasteiger partial charge in [0.25, 0.3) is 6.47 Å². The minimum Gasteiger partial charge on any atom is -0.452 e. The van der Waals surface area contributed by atoms with E-state index in [9.17, 15) is 9.59 Å². The van der Waals surface area contributed by atoms with Gasteiger partial charge < -0.3 is 10.1 Å². The molecule has 0 spiro atoms. The van der Waals surface area contributed by atoms with Crippen LogP contribution in [0.15, 0.2) is 30.3 Å². The first-order valence-corrected chi connectivity index (χ1v) is 5.71. The summed E-state index contributed by atoms with van der Waals surface area (Å²) in [7, 11) is 0. The van der Waals surface area contributed by atoms with Gasteiger partial charge in [0, 0.05) is 12.5 Å². The number of Topliss-reactive ketones (excluding diaryl/α,β-unsaturated/α-hetero) is 1. The lowest BCUT2D eigenvalue weighted by Gasteiger charge is -2.17. The first-order chi connectivity index (χ1) is 8.33. The molecular formula is C13H15NO3. The largest absolute Gasteiger partial charge is 0.452 e. The number of nitrogens with one attached hydrogen (secondary N) is 1. The molecular weight excluding hydrogens is 218 g/mol. The quantitative estimate of drug-likeness (QED) is 0.773. The van der Waals surface area contributed by atoms with Crippen LogP contribution in [0.5, 0.6) is 0 Å². The molecule has 4 nitrogen and oxygen atoms in total. The summed E-state index contributed by atoms with van der Waals surface area (Å²) < 4.78 is 4.94. The van der Waals surface area contributed by atoms with E-state index in [1.54, 1.807) is 12.1 Å². The Morgan fingerprint density at radius 2 is 2.18 bits per heavy atom. The second-order valence-corrected chi connectivity index (χ2v) is 4.12. The fourth-order valence-electron chi connectivity index (χ4n) is 2.10. The highest BCUT2D eigenvalue weighted by Gasteiger charge is 2.31. The Hall–Kier alpha value is -1.68. The fourth-order valence-corrected chi connectivity index (χ4v) is 2.10. The number of hydrogen-bond donors (Lipinski definition) is 1. The summed E-state index contributed by atoms with van der Waals surface area (Å²) in [6.07, 6.45) is 0.0447. The lowest BCUT2D eigenvalue weighted by Crippen LogP contribution is -2.25. The second kappa shape index (κ2) is 5.59. The zero-order valence-corrected chi connectivity index (χ0v) is 9.46. The Balaban J connectivity index is 2.16. The second-order valence-electron chi connectivity index (χ2n) is 4.12. The van der Waals surface area contributed by atoms with E-state index < -0.39 is 6.10 Å². The van der Waals surface area contributed by atoms with Crippen molar-refractivity contribution in [2.24, 2.45) is 5.92 Å². The highest BCUT2D eigenvalue weighted by molar-refractivity contribution is 5.87. The molecule has 0 bridgehead atoms. The third-order valence-corrected chi connectivity index (χ3v) is 3.02. The molecule has 1 fully saturated rings. The molecule has 17 heavy (non-hydrogen) atoms. The molecule has 4 heteroatoms. The molecule has 2 rings (SSSR count). The molecule has 1 aliphatic heterocycles. The minimum atomic E-state index is -0.765. The molecule has 1 aromatic carbocycles. The minimum absolute atomic E-state index is 0.0201. The van der Waals surface area contributed by atoms with Gasteiger partial charge in [-0.3, -0.25) is 9.59 Å². The monoisotopic (exact) mass is 233 g/mol. The van der Waals surface area contributed by atoms with Gasteiger partial charge in [-0.2, -0.15) is 0 Å². The normalized spacial score (nSPS) is 20.8. The first kappa shape index (κ1) is 11.8. The highest BCUT2D eigenvalue weighted by Crippen LogP contribution is 2.24. The molecule has 1 saturated heterocycles. The molecule has 0 aliphatic carbocycles. The van der Waals surface area contributed by atoms with Crippen molar-refractivity contribution in [3.05, 3.63) is 35.9 Å². The number of rotatable bonds is 5. The molecule has 1 aliphatic rings. The van der Waals surface area contributed by atoms with Crippen LogP contribution in [0.1, 0.15) is 18.1 Å². The van der Waals surface area contributed by atoms with Crippen LogP contribution in [0.25, 0.3) is 0 Å². The van der Waals surface area contributed by atoms with Gasteiger partial charge in [0.2, 0.25) is 0 Å². The van der Waals surface area contributed by atoms with E-state index >= 15 is 0 Å². The number of hydrogen-bond acceptors (Lipinski definition) is 4. The third-order valence-electron chi connectivity index (χ3n) is 3.02. The molecule has 90 valence electrons. The molecule has 0 saturated carbocycles. The van der Waals surface area contributed by atoms with Crippen molar-refractivity contribution in [1.82, 2.24) is 5.32 Å². The summed E-state index contributed by atoms with van der Waals surface area (Å²) in [5.41, 5.74) is 0.733. The lowest BCUT2D eigenvalue weighted by atomic mass is 9.94. The summed E-state index contributed by atoms with van der Waals surface area (Å²) in [4.78, 5) is 22.7. The number of benzene rings is 1. The maximum Gasteiger partial charge on any atom is 0.294 e. The summed E-state index contributed by atoms with van der Waals surface area (Å²) in [6.45, 7) is 1.86. The van der Waals surface area contributed by atoms with Crippen molar-refractivity contribution >= 4 is 12.3 Å². The van der Waals surface area contributed by atoms with E-state index in [2.05, 4.69) is 5.32 Å². The number of carbonyl (C=O) groups is 2. The lowest BCUT2D eigenvalue weighted by molar-refractivity contribution is -0.146. The van der Waals surface area contributed by atoms with Gasteiger partial charge in [-0.05, 0) is 18.5 Å².